The van der Waals surface area contributed by atoms with Gasteiger partial charge in [0.2, 0.25) is 5.91 Å². The molecular weight excluding hydrogens is 446 g/mol. The number of rotatable bonds is 6. The number of hydrogen-bond donors (Lipinski definition) is 1. The van der Waals surface area contributed by atoms with Crippen molar-refractivity contribution in [1.82, 2.24) is 4.31 Å². The van der Waals surface area contributed by atoms with Gasteiger partial charge in [0.15, 0.2) is 0 Å². The summed E-state index contributed by atoms with van der Waals surface area (Å²) in [5, 5.41) is 14.1. The maximum atomic E-state index is 13.0. The number of ether oxygens (including phenoxy) is 1. The fraction of sp³-hybridized carbons (Fsp3) is 0.421. The smallest absolute Gasteiger partial charge is 0.348 e. The minimum absolute atomic E-state index is 0.180. The van der Waals surface area contributed by atoms with Crippen molar-refractivity contribution >= 4 is 49.6 Å². The van der Waals surface area contributed by atoms with Gasteiger partial charge in [0.05, 0.1) is 12.2 Å². The summed E-state index contributed by atoms with van der Waals surface area (Å²) in [6, 6.07) is 4.30. The van der Waals surface area contributed by atoms with Crippen LogP contribution in [0.25, 0.3) is 0 Å². The Morgan fingerprint density at radius 1 is 1.40 bits per heavy atom. The molecule has 0 spiro atoms. The number of carbonyl (C=O) groups is 2. The molecule has 11 heteroatoms. The van der Waals surface area contributed by atoms with Gasteiger partial charge < -0.3 is 10.1 Å². The quantitative estimate of drug-likeness (QED) is 0.651. The molecule has 30 heavy (non-hydrogen) atoms. The number of hydrogen-bond acceptors (Lipinski definition) is 8. The maximum absolute atomic E-state index is 13.0. The Morgan fingerprint density at radius 2 is 2.17 bits per heavy atom. The SMILES string of the molecule is CCOC(=O)c1sc(NC(=O)C2CCCCN2S(=O)(=O)c2cccs2)c(C#N)c1C. The molecule has 3 heterocycles. The number of nitriles is 1. The molecule has 1 atom stereocenters. The largest absolute Gasteiger partial charge is 0.462 e. The zero-order valence-electron chi connectivity index (χ0n) is 16.5. The van der Waals surface area contributed by atoms with E-state index in [1.807, 2.05) is 6.07 Å². The van der Waals surface area contributed by atoms with Crippen LogP contribution in [0.4, 0.5) is 5.00 Å². The first-order valence-corrected chi connectivity index (χ1v) is 12.5. The highest BCUT2D eigenvalue weighted by molar-refractivity contribution is 7.91. The van der Waals surface area contributed by atoms with Gasteiger partial charge in [-0.25, -0.2) is 13.2 Å². The van der Waals surface area contributed by atoms with Crippen molar-refractivity contribution in [2.24, 2.45) is 0 Å². The molecule has 0 aliphatic carbocycles. The van der Waals surface area contributed by atoms with E-state index in [1.165, 1.54) is 10.4 Å². The molecule has 1 amide bonds. The molecule has 3 rings (SSSR count). The van der Waals surface area contributed by atoms with Crippen LogP contribution >= 0.6 is 22.7 Å². The Bertz CT molecular complexity index is 1080. The van der Waals surface area contributed by atoms with Crippen LogP contribution in [0.2, 0.25) is 0 Å². The molecule has 1 aliphatic heterocycles. The molecule has 1 N–H and O–H groups in total. The van der Waals surface area contributed by atoms with Gasteiger partial charge in [-0.1, -0.05) is 12.5 Å². The average Bonchev–Trinajstić information content (AvgIpc) is 3.37. The van der Waals surface area contributed by atoms with E-state index in [9.17, 15) is 23.3 Å². The van der Waals surface area contributed by atoms with Gasteiger partial charge in [0, 0.05) is 6.54 Å². The third-order valence-electron chi connectivity index (χ3n) is 4.77. The molecule has 0 radical (unpaired) electrons. The van der Waals surface area contributed by atoms with Crippen molar-refractivity contribution in [1.29, 1.82) is 5.26 Å². The Morgan fingerprint density at radius 3 is 2.80 bits per heavy atom. The van der Waals surface area contributed by atoms with Gasteiger partial charge in [-0.2, -0.15) is 9.57 Å². The van der Waals surface area contributed by atoms with Crippen molar-refractivity contribution in [3.05, 3.63) is 33.5 Å². The van der Waals surface area contributed by atoms with Gasteiger partial charge in [-0.05, 0) is 43.7 Å². The van der Waals surface area contributed by atoms with E-state index in [-0.39, 0.29) is 32.8 Å². The normalized spacial score (nSPS) is 17.3. The van der Waals surface area contributed by atoms with Crippen LogP contribution in [0.5, 0.6) is 0 Å². The van der Waals surface area contributed by atoms with Crippen LogP contribution in [0.1, 0.15) is 47.0 Å². The maximum Gasteiger partial charge on any atom is 0.348 e. The van der Waals surface area contributed by atoms with E-state index in [2.05, 4.69) is 5.32 Å². The van der Waals surface area contributed by atoms with Gasteiger partial charge in [-0.3, -0.25) is 4.79 Å². The van der Waals surface area contributed by atoms with E-state index in [0.29, 0.717) is 18.4 Å². The van der Waals surface area contributed by atoms with E-state index in [0.717, 1.165) is 29.1 Å². The lowest BCUT2D eigenvalue weighted by molar-refractivity contribution is -0.120. The fourth-order valence-electron chi connectivity index (χ4n) is 3.30. The predicted molar refractivity (Wildman–Crippen MR) is 114 cm³/mol. The van der Waals surface area contributed by atoms with Crippen LogP contribution in [0, 0.1) is 18.3 Å². The first-order valence-electron chi connectivity index (χ1n) is 9.38. The van der Waals surface area contributed by atoms with Gasteiger partial charge >= 0.3 is 5.97 Å². The van der Waals surface area contributed by atoms with Crippen molar-refractivity contribution < 1.29 is 22.7 Å². The number of carbonyl (C=O) groups excluding carboxylic acids is 2. The highest BCUT2D eigenvalue weighted by Gasteiger charge is 2.38. The number of piperidine rings is 1. The van der Waals surface area contributed by atoms with Crippen LogP contribution in [-0.2, 0) is 19.6 Å². The molecule has 0 saturated carbocycles. The number of anilines is 1. The van der Waals surface area contributed by atoms with Crippen LogP contribution in [0.3, 0.4) is 0 Å². The van der Waals surface area contributed by atoms with Gasteiger partial charge in [-0.15, -0.1) is 22.7 Å². The number of thiophene rings is 2. The summed E-state index contributed by atoms with van der Waals surface area (Å²) < 4.78 is 32.4. The van der Waals surface area contributed by atoms with Crippen molar-refractivity contribution in [2.75, 3.05) is 18.5 Å². The minimum Gasteiger partial charge on any atom is -0.462 e. The molecule has 1 aliphatic rings. The summed E-state index contributed by atoms with van der Waals surface area (Å²) >= 11 is 2.07. The van der Waals surface area contributed by atoms with Crippen LogP contribution < -0.4 is 5.32 Å². The van der Waals surface area contributed by atoms with Gasteiger partial charge in [0.1, 0.15) is 26.2 Å². The zero-order chi connectivity index (χ0) is 21.9. The first-order chi connectivity index (χ1) is 14.3. The second kappa shape index (κ2) is 9.26. The third kappa shape index (κ3) is 4.27. The molecular formula is C19H21N3O5S3. The number of sulfonamides is 1. The van der Waals surface area contributed by atoms with Crippen molar-refractivity contribution in [2.45, 2.75) is 43.4 Å². The molecule has 160 valence electrons. The highest BCUT2D eigenvalue weighted by Crippen LogP contribution is 2.34. The van der Waals surface area contributed by atoms with E-state index in [4.69, 9.17) is 4.74 Å². The lowest BCUT2D eigenvalue weighted by Crippen LogP contribution is -2.49. The molecule has 1 fully saturated rings. The van der Waals surface area contributed by atoms with Crippen molar-refractivity contribution in [3.8, 4) is 6.07 Å². The van der Waals surface area contributed by atoms with E-state index in [1.54, 1.807) is 25.3 Å². The summed E-state index contributed by atoms with van der Waals surface area (Å²) in [5.74, 6) is -1.07. The lowest BCUT2D eigenvalue weighted by atomic mass is 10.0. The summed E-state index contributed by atoms with van der Waals surface area (Å²) in [6.07, 6.45) is 1.77. The number of nitrogens with one attached hydrogen (secondary N) is 1. The topological polar surface area (TPSA) is 117 Å². The van der Waals surface area contributed by atoms with E-state index >= 15 is 0 Å². The fourth-order valence-corrected chi connectivity index (χ4v) is 7.13. The Hall–Kier alpha value is -2.26. The summed E-state index contributed by atoms with van der Waals surface area (Å²) in [5.41, 5.74) is 0.614. The third-order valence-corrected chi connectivity index (χ3v) is 9.24. The molecule has 0 aromatic carbocycles. The second-order valence-corrected chi connectivity index (χ2v) is 10.7. The Labute approximate surface area is 183 Å². The zero-order valence-corrected chi connectivity index (χ0v) is 19.0. The summed E-state index contributed by atoms with van der Waals surface area (Å²) in [7, 11) is -3.79. The number of esters is 1. The minimum atomic E-state index is -3.79. The summed E-state index contributed by atoms with van der Waals surface area (Å²) in [6.45, 7) is 3.74. The van der Waals surface area contributed by atoms with Gasteiger partial charge in [0.25, 0.3) is 10.0 Å². The average molecular weight is 468 g/mol. The molecule has 8 nitrogen and oxygen atoms in total. The summed E-state index contributed by atoms with van der Waals surface area (Å²) in [4.78, 5) is 25.4. The standard InChI is InChI=1S/C19H21N3O5S3/c1-3-27-19(24)16-12(2)13(11-20)18(29-16)21-17(23)14-7-4-5-9-22(14)30(25,26)15-8-6-10-28-15/h6,8,10,14H,3-5,7,9H2,1-2H3,(H,21,23). The molecule has 1 unspecified atom stereocenters. The predicted octanol–water partition coefficient (Wildman–Crippen LogP) is 3.35. The molecule has 1 saturated heterocycles. The molecule has 0 bridgehead atoms. The Kier molecular flexibility index (Phi) is 6.92. The highest BCUT2D eigenvalue weighted by atomic mass is 32.2. The molecule has 2 aromatic rings. The van der Waals surface area contributed by atoms with Crippen LogP contribution in [0.15, 0.2) is 21.7 Å². The lowest BCUT2D eigenvalue weighted by Gasteiger charge is -2.33. The first kappa shape index (κ1) is 22.4. The Balaban J connectivity index is 1.88. The molecule has 2 aromatic heterocycles. The second-order valence-electron chi connectivity index (χ2n) is 6.64. The number of amides is 1. The number of nitrogens with zero attached hydrogens (tertiary/aromatic N) is 2. The van der Waals surface area contributed by atoms with Crippen molar-refractivity contribution in [3.63, 3.8) is 0 Å². The monoisotopic (exact) mass is 467 g/mol. The van der Waals surface area contributed by atoms with Crippen LogP contribution in [-0.4, -0.2) is 43.8 Å². The van der Waals surface area contributed by atoms with E-state index < -0.39 is 27.9 Å².